The first-order valence-electron chi connectivity index (χ1n) is 5.66. The Kier molecular flexibility index (Phi) is 4.67. The normalized spacial score (nSPS) is 10.7. The fourth-order valence-electron chi connectivity index (χ4n) is 1.59. The summed E-state index contributed by atoms with van der Waals surface area (Å²) < 4.78 is 5.31. The molecule has 0 unspecified atom stereocenters. The van der Waals surface area contributed by atoms with Crippen LogP contribution in [0.2, 0.25) is 0 Å². The van der Waals surface area contributed by atoms with E-state index in [0.717, 1.165) is 12.2 Å². The van der Waals surface area contributed by atoms with Gasteiger partial charge in [-0.2, -0.15) is 0 Å². The van der Waals surface area contributed by atoms with Gasteiger partial charge in [-0.3, -0.25) is 0 Å². The van der Waals surface area contributed by atoms with E-state index in [-0.39, 0.29) is 0 Å². The van der Waals surface area contributed by atoms with Gasteiger partial charge in [-0.25, -0.2) is 0 Å². The molecule has 0 atom stereocenters. The molecule has 0 aliphatic rings. The Morgan fingerprint density at radius 1 is 1.20 bits per heavy atom. The second-order valence-electron chi connectivity index (χ2n) is 4.17. The van der Waals surface area contributed by atoms with Crippen LogP contribution in [0.1, 0.15) is 44.7 Å². The maximum Gasteiger partial charge on any atom is 0.119 e. The zero-order chi connectivity index (χ0) is 11.3. The third-order valence-corrected chi connectivity index (χ3v) is 2.60. The van der Waals surface area contributed by atoms with Gasteiger partial charge in [-0.15, -0.1) is 0 Å². The zero-order valence-corrected chi connectivity index (χ0v) is 10.3. The summed E-state index contributed by atoms with van der Waals surface area (Å²) in [5, 5.41) is 0. The minimum Gasteiger partial charge on any atom is -0.497 e. The summed E-state index contributed by atoms with van der Waals surface area (Å²) in [7, 11) is 1.73. The summed E-state index contributed by atoms with van der Waals surface area (Å²) in [4.78, 5) is 0. The van der Waals surface area contributed by atoms with Crippen molar-refractivity contribution >= 4 is 0 Å². The van der Waals surface area contributed by atoms with Crippen LogP contribution in [-0.2, 0) is 6.42 Å². The van der Waals surface area contributed by atoms with E-state index in [0.29, 0.717) is 0 Å². The number of hydrogen-bond donors (Lipinski definition) is 0. The summed E-state index contributed by atoms with van der Waals surface area (Å²) in [6.07, 6.45) is 3.63. The molecule has 1 nitrogen and oxygen atoms in total. The predicted molar refractivity (Wildman–Crippen MR) is 65.3 cm³/mol. The molecule has 0 heterocycles. The lowest BCUT2D eigenvalue weighted by Gasteiger charge is -2.10. The largest absolute Gasteiger partial charge is 0.497 e. The number of ether oxygens (including phenoxy) is 1. The maximum absolute atomic E-state index is 5.31. The van der Waals surface area contributed by atoms with Crippen LogP contribution in [0.15, 0.2) is 18.2 Å². The first-order valence-corrected chi connectivity index (χ1v) is 5.66. The second-order valence-corrected chi connectivity index (χ2v) is 4.17. The fourth-order valence-corrected chi connectivity index (χ4v) is 1.59. The molecule has 0 saturated carbocycles. The highest BCUT2D eigenvalue weighted by atomic mass is 16.5. The first kappa shape index (κ1) is 12.1. The molecule has 0 spiro atoms. The van der Waals surface area contributed by atoms with Gasteiger partial charge in [0.2, 0.25) is 0 Å². The number of unbranched alkanes of at least 4 members (excludes halogenated alkanes) is 1. The van der Waals surface area contributed by atoms with Gasteiger partial charge >= 0.3 is 0 Å². The average Bonchev–Trinajstić information content (AvgIpc) is 2.25. The smallest absolute Gasteiger partial charge is 0.119 e. The second kappa shape index (κ2) is 5.79. The molecular formula is C14H21O. The summed E-state index contributed by atoms with van der Waals surface area (Å²) >= 11 is 0. The third kappa shape index (κ3) is 3.58. The van der Waals surface area contributed by atoms with Crippen LogP contribution < -0.4 is 4.74 Å². The lowest BCUT2D eigenvalue weighted by atomic mass is 9.98. The van der Waals surface area contributed by atoms with E-state index in [2.05, 4.69) is 39.0 Å². The molecule has 0 fully saturated rings. The van der Waals surface area contributed by atoms with Gasteiger partial charge in [0.1, 0.15) is 5.75 Å². The van der Waals surface area contributed by atoms with Crippen LogP contribution in [0.25, 0.3) is 0 Å². The molecule has 0 bridgehead atoms. The van der Waals surface area contributed by atoms with Gasteiger partial charge in [0.15, 0.2) is 0 Å². The van der Waals surface area contributed by atoms with Crippen molar-refractivity contribution in [1.29, 1.82) is 0 Å². The van der Waals surface area contributed by atoms with E-state index in [4.69, 9.17) is 4.74 Å². The van der Waals surface area contributed by atoms with E-state index < -0.39 is 0 Å². The summed E-state index contributed by atoms with van der Waals surface area (Å²) in [6.45, 7) is 6.50. The highest BCUT2D eigenvalue weighted by Crippen LogP contribution is 2.23. The van der Waals surface area contributed by atoms with E-state index in [1.54, 1.807) is 7.11 Å². The van der Waals surface area contributed by atoms with Crippen molar-refractivity contribution in [3.63, 3.8) is 0 Å². The number of aryl methyl sites for hydroxylation is 1. The Labute approximate surface area is 93.5 Å². The SMILES string of the molecule is CCCCc1cc(OC)cc([C](C)C)c1. The minimum atomic E-state index is 0.972. The zero-order valence-electron chi connectivity index (χ0n) is 10.3. The number of rotatable bonds is 5. The van der Waals surface area contributed by atoms with Crippen molar-refractivity contribution in [2.24, 2.45) is 0 Å². The summed E-state index contributed by atoms with van der Waals surface area (Å²) in [6, 6.07) is 6.51. The number of benzene rings is 1. The van der Waals surface area contributed by atoms with Crippen molar-refractivity contribution < 1.29 is 4.74 Å². The van der Waals surface area contributed by atoms with Gasteiger partial charge in [-0.05, 0) is 42.0 Å². The summed E-state index contributed by atoms with van der Waals surface area (Å²) in [5.41, 5.74) is 2.67. The minimum absolute atomic E-state index is 0.972. The molecule has 1 rings (SSSR count). The monoisotopic (exact) mass is 205 g/mol. The number of hydrogen-bond acceptors (Lipinski definition) is 1. The molecule has 83 valence electrons. The van der Waals surface area contributed by atoms with E-state index in [9.17, 15) is 0 Å². The van der Waals surface area contributed by atoms with Gasteiger partial charge in [-0.1, -0.05) is 33.3 Å². The molecule has 0 N–H and O–H groups in total. The average molecular weight is 205 g/mol. The molecule has 0 aliphatic heterocycles. The lowest BCUT2D eigenvalue weighted by molar-refractivity contribution is 0.414. The van der Waals surface area contributed by atoms with Crippen LogP contribution in [0.4, 0.5) is 0 Å². The quantitative estimate of drug-likeness (QED) is 0.706. The summed E-state index contributed by atoms with van der Waals surface area (Å²) in [5.74, 6) is 2.31. The molecule has 15 heavy (non-hydrogen) atoms. The van der Waals surface area contributed by atoms with Crippen molar-refractivity contribution in [3.8, 4) is 5.75 Å². The van der Waals surface area contributed by atoms with Crippen molar-refractivity contribution in [2.45, 2.75) is 40.0 Å². The third-order valence-electron chi connectivity index (χ3n) is 2.60. The fraction of sp³-hybridized carbons (Fsp3) is 0.500. The maximum atomic E-state index is 5.31. The van der Waals surface area contributed by atoms with Crippen LogP contribution in [0.3, 0.4) is 0 Å². The van der Waals surface area contributed by atoms with Crippen LogP contribution in [0, 0.1) is 5.92 Å². The topological polar surface area (TPSA) is 9.23 Å². The molecule has 0 amide bonds. The first-order chi connectivity index (χ1) is 7.17. The Morgan fingerprint density at radius 3 is 2.47 bits per heavy atom. The molecule has 1 aromatic rings. The Morgan fingerprint density at radius 2 is 1.93 bits per heavy atom. The van der Waals surface area contributed by atoms with E-state index in [1.165, 1.54) is 29.9 Å². The lowest BCUT2D eigenvalue weighted by Crippen LogP contribution is -1.94. The van der Waals surface area contributed by atoms with Crippen molar-refractivity contribution in [2.75, 3.05) is 7.11 Å². The number of methoxy groups -OCH3 is 1. The van der Waals surface area contributed by atoms with Gasteiger partial charge < -0.3 is 4.74 Å². The van der Waals surface area contributed by atoms with Crippen molar-refractivity contribution in [1.82, 2.24) is 0 Å². The Hall–Kier alpha value is -0.980. The van der Waals surface area contributed by atoms with Crippen molar-refractivity contribution in [3.05, 3.63) is 35.2 Å². The molecule has 0 saturated heterocycles. The van der Waals surface area contributed by atoms with E-state index in [1.807, 2.05) is 0 Å². The van der Waals surface area contributed by atoms with Gasteiger partial charge in [0, 0.05) is 0 Å². The predicted octanol–water partition coefficient (Wildman–Crippen LogP) is 4.00. The molecule has 0 aliphatic carbocycles. The van der Waals surface area contributed by atoms with Gasteiger partial charge in [0.05, 0.1) is 7.11 Å². The van der Waals surface area contributed by atoms with Crippen LogP contribution in [-0.4, -0.2) is 7.11 Å². The van der Waals surface area contributed by atoms with Crippen LogP contribution in [0.5, 0.6) is 5.75 Å². The Balaban J connectivity index is 2.90. The highest BCUT2D eigenvalue weighted by molar-refractivity contribution is 5.40. The molecule has 1 radical (unpaired) electrons. The van der Waals surface area contributed by atoms with Gasteiger partial charge in [0.25, 0.3) is 0 Å². The molecule has 1 aromatic carbocycles. The molecule has 0 aromatic heterocycles. The Bertz CT molecular complexity index is 302. The molecule has 1 heteroatoms. The highest BCUT2D eigenvalue weighted by Gasteiger charge is 2.04. The molecular weight excluding hydrogens is 184 g/mol. The standard InChI is InChI=1S/C14H21O/c1-5-6-7-12-8-13(11(2)3)10-14(9-12)15-4/h8-10H,5-7H2,1-4H3. The van der Waals surface area contributed by atoms with E-state index >= 15 is 0 Å². The van der Waals surface area contributed by atoms with Crippen LogP contribution >= 0.6 is 0 Å².